The highest BCUT2D eigenvalue weighted by Gasteiger charge is 2.23. The van der Waals surface area contributed by atoms with Crippen LogP contribution in [0.5, 0.6) is 0 Å². The number of hydrogen-bond donors (Lipinski definition) is 1. The van der Waals surface area contributed by atoms with Crippen molar-refractivity contribution in [3.05, 3.63) is 53.4 Å². The highest BCUT2D eigenvalue weighted by molar-refractivity contribution is 7.63. The molecule has 4 rings (SSSR count). The van der Waals surface area contributed by atoms with E-state index in [9.17, 15) is 12.8 Å². The molecule has 0 unspecified atom stereocenters. The van der Waals surface area contributed by atoms with E-state index in [0.717, 1.165) is 36.9 Å². The second-order valence-electron chi connectivity index (χ2n) is 6.66. The Bertz CT molecular complexity index is 1120. The number of nitrogens with zero attached hydrogens (tertiary/aromatic N) is 3. The van der Waals surface area contributed by atoms with E-state index in [4.69, 9.17) is 0 Å². The standard InChI is InChI=1S/C19H19FN4O2S/c20-14-8-6-13(7-9-14)17-18(16-10-11-21-19(23-16)27(25)26)24(12-22-17)15-4-2-1-3-5-15/h6-12,15,21H,1-5H2. The van der Waals surface area contributed by atoms with Crippen LogP contribution in [-0.2, 0) is 10.3 Å². The number of nitrogens with one attached hydrogen (secondary N) is 1. The van der Waals surface area contributed by atoms with Gasteiger partial charge >= 0.3 is 0 Å². The van der Waals surface area contributed by atoms with E-state index in [-0.39, 0.29) is 10.6 Å². The van der Waals surface area contributed by atoms with Gasteiger partial charge in [0, 0.05) is 17.8 Å². The van der Waals surface area contributed by atoms with Gasteiger partial charge in [-0.25, -0.2) is 14.4 Å². The Hall–Kier alpha value is -2.74. The molecular formula is C19H19FN4O2S. The van der Waals surface area contributed by atoms with Crippen LogP contribution in [0.15, 0.2) is 42.9 Å². The maximum atomic E-state index is 13.4. The van der Waals surface area contributed by atoms with Gasteiger partial charge in [-0.1, -0.05) is 19.3 Å². The molecule has 6 nitrogen and oxygen atoms in total. The normalized spacial score (nSPS) is 15.0. The van der Waals surface area contributed by atoms with Crippen molar-refractivity contribution in [1.29, 1.82) is 0 Å². The van der Waals surface area contributed by atoms with Crippen molar-refractivity contribution in [1.82, 2.24) is 19.5 Å². The molecule has 0 radical (unpaired) electrons. The van der Waals surface area contributed by atoms with Gasteiger partial charge in [0.05, 0.1) is 23.4 Å². The molecule has 0 aliphatic heterocycles. The minimum atomic E-state index is -2.46. The maximum absolute atomic E-state index is 13.4. The summed E-state index contributed by atoms with van der Waals surface area (Å²) in [6.45, 7) is 0. The Morgan fingerprint density at radius 1 is 1.07 bits per heavy atom. The second-order valence-corrected chi connectivity index (χ2v) is 7.52. The lowest BCUT2D eigenvalue weighted by atomic mass is 9.95. The minimum Gasteiger partial charge on any atom is -0.334 e. The molecule has 2 aromatic heterocycles. The Morgan fingerprint density at radius 2 is 1.81 bits per heavy atom. The Labute approximate surface area is 157 Å². The first kappa shape index (κ1) is 17.7. The largest absolute Gasteiger partial charge is 0.334 e. The highest BCUT2D eigenvalue weighted by Crippen LogP contribution is 2.36. The lowest BCUT2D eigenvalue weighted by molar-refractivity contribution is 0.355. The molecule has 3 aromatic rings. The summed E-state index contributed by atoms with van der Waals surface area (Å²) in [5.41, 5.74) is 2.71. The quantitative estimate of drug-likeness (QED) is 0.690. The zero-order chi connectivity index (χ0) is 18.8. The summed E-state index contributed by atoms with van der Waals surface area (Å²) in [7, 11) is -2.46. The molecule has 2 heterocycles. The smallest absolute Gasteiger partial charge is 0.258 e. The van der Waals surface area contributed by atoms with E-state index < -0.39 is 10.3 Å². The van der Waals surface area contributed by atoms with Gasteiger partial charge in [-0.15, -0.1) is 0 Å². The van der Waals surface area contributed by atoms with Crippen molar-refractivity contribution in [2.75, 3.05) is 0 Å². The molecule has 0 amide bonds. The number of hydrogen-bond acceptors (Lipinski definition) is 4. The minimum absolute atomic E-state index is 0.131. The van der Waals surface area contributed by atoms with Gasteiger partial charge in [-0.2, -0.15) is 8.42 Å². The lowest BCUT2D eigenvalue weighted by Crippen LogP contribution is -2.13. The fourth-order valence-corrected chi connectivity index (χ4v) is 4.00. The molecule has 1 aromatic carbocycles. The first-order valence-electron chi connectivity index (χ1n) is 8.94. The van der Waals surface area contributed by atoms with Gasteiger partial charge in [0.15, 0.2) is 0 Å². The zero-order valence-corrected chi connectivity index (χ0v) is 15.4. The monoisotopic (exact) mass is 386 g/mol. The van der Waals surface area contributed by atoms with Crippen LogP contribution in [0.2, 0.25) is 0 Å². The topological polar surface area (TPSA) is 80.6 Å². The molecule has 0 spiro atoms. The van der Waals surface area contributed by atoms with E-state index in [1.165, 1.54) is 18.6 Å². The Balaban J connectivity index is 1.93. The average molecular weight is 386 g/mol. The maximum Gasteiger partial charge on any atom is 0.258 e. The van der Waals surface area contributed by atoms with Crippen molar-refractivity contribution in [3.63, 3.8) is 0 Å². The number of aromatic amines is 1. The van der Waals surface area contributed by atoms with Gasteiger partial charge in [0.2, 0.25) is 0 Å². The van der Waals surface area contributed by atoms with Gasteiger partial charge < -0.3 is 9.55 Å². The molecule has 0 saturated heterocycles. The number of rotatable bonds is 3. The van der Waals surface area contributed by atoms with Crippen LogP contribution in [0.1, 0.15) is 38.1 Å². The summed E-state index contributed by atoms with van der Waals surface area (Å²) in [5, 5.41) is 0. The van der Waals surface area contributed by atoms with Crippen LogP contribution in [0.4, 0.5) is 4.39 Å². The molecule has 1 aliphatic rings. The molecule has 1 N–H and O–H groups in total. The zero-order valence-electron chi connectivity index (χ0n) is 14.6. The van der Waals surface area contributed by atoms with Crippen molar-refractivity contribution in [2.24, 2.45) is 0 Å². The fraction of sp³-hybridized carbons (Fsp3) is 0.316. The third-order valence-electron chi connectivity index (χ3n) is 4.95. The summed E-state index contributed by atoms with van der Waals surface area (Å²) in [6, 6.07) is 8.16. The van der Waals surface area contributed by atoms with Crippen LogP contribution in [0.25, 0.3) is 22.6 Å². The van der Waals surface area contributed by atoms with E-state index >= 15 is 0 Å². The molecule has 8 heteroatoms. The van der Waals surface area contributed by atoms with Crippen molar-refractivity contribution in [2.45, 2.75) is 38.1 Å². The third-order valence-corrected chi connectivity index (χ3v) is 5.47. The SMILES string of the molecule is O=S(=O)=c1nc(-c2c(-c3ccc(F)cc3)ncn2C2CCCCC2)cc[nH]1. The Morgan fingerprint density at radius 3 is 2.52 bits per heavy atom. The summed E-state index contributed by atoms with van der Waals surface area (Å²) in [6.07, 6.45) is 8.97. The predicted octanol–water partition coefficient (Wildman–Crippen LogP) is 4.00. The number of benzene rings is 1. The van der Waals surface area contributed by atoms with Gasteiger partial charge in [-0.05, 0) is 43.2 Å². The van der Waals surface area contributed by atoms with E-state index in [2.05, 4.69) is 19.5 Å². The van der Waals surface area contributed by atoms with E-state index in [1.807, 2.05) is 0 Å². The molecule has 0 bridgehead atoms. The van der Waals surface area contributed by atoms with Crippen LogP contribution in [-0.4, -0.2) is 27.9 Å². The van der Waals surface area contributed by atoms with Crippen LogP contribution >= 0.6 is 0 Å². The van der Waals surface area contributed by atoms with Crippen LogP contribution in [0, 0.1) is 10.6 Å². The van der Waals surface area contributed by atoms with Crippen molar-refractivity contribution < 1.29 is 12.8 Å². The number of halogens is 1. The summed E-state index contributed by atoms with van der Waals surface area (Å²) in [4.78, 5) is 11.5. The highest BCUT2D eigenvalue weighted by atomic mass is 32.2. The first-order chi connectivity index (χ1) is 13.1. The van der Waals surface area contributed by atoms with E-state index in [1.54, 1.807) is 30.7 Å². The lowest BCUT2D eigenvalue weighted by Gasteiger charge is -2.25. The van der Waals surface area contributed by atoms with Crippen molar-refractivity contribution in [3.8, 4) is 22.6 Å². The molecule has 1 aliphatic carbocycles. The van der Waals surface area contributed by atoms with Crippen LogP contribution < -0.4 is 0 Å². The van der Waals surface area contributed by atoms with Gasteiger partial charge in [-0.3, -0.25) is 0 Å². The third kappa shape index (κ3) is 3.57. The molecule has 0 atom stereocenters. The van der Waals surface area contributed by atoms with Crippen LogP contribution in [0.3, 0.4) is 0 Å². The summed E-state index contributed by atoms with van der Waals surface area (Å²) >= 11 is 0. The van der Waals surface area contributed by atoms with Crippen molar-refractivity contribution >= 4 is 10.3 Å². The fourth-order valence-electron chi connectivity index (χ4n) is 3.66. The molecular weight excluding hydrogens is 367 g/mol. The second kappa shape index (κ2) is 7.48. The average Bonchev–Trinajstić information content (AvgIpc) is 3.14. The number of aromatic nitrogens is 4. The predicted molar refractivity (Wildman–Crippen MR) is 99.5 cm³/mol. The van der Waals surface area contributed by atoms with Gasteiger partial charge in [0.25, 0.3) is 15.1 Å². The molecule has 1 fully saturated rings. The molecule has 140 valence electrons. The van der Waals surface area contributed by atoms with E-state index in [0.29, 0.717) is 17.4 Å². The molecule has 1 saturated carbocycles. The first-order valence-corrected chi connectivity index (χ1v) is 10.0. The summed E-state index contributed by atoms with van der Waals surface area (Å²) in [5.74, 6) is -0.316. The number of H-pyrrole nitrogens is 1. The molecule has 27 heavy (non-hydrogen) atoms. The number of imidazole rings is 1. The van der Waals surface area contributed by atoms with Gasteiger partial charge in [0.1, 0.15) is 5.82 Å². The summed E-state index contributed by atoms with van der Waals surface area (Å²) < 4.78 is 38.0. The Kier molecular flexibility index (Phi) is 4.89.